The van der Waals surface area contributed by atoms with Crippen molar-refractivity contribution in [2.45, 2.75) is 26.9 Å². The van der Waals surface area contributed by atoms with Gasteiger partial charge in [-0.2, -0.15) is 0 Å². The van der Waals surface area contributed by atoms with Crippen molar-refractivity contribution in [3.63, 3.8) is 0 Å². The Hall–Kier alpha value is -2.54. The first-order chi connectivity index (χ1) is 11.2. The number of benzene rings is 3. The SMILES string of the molecule is Cc1cccc(N(Cc2ccccc2)Cc2ccccc2)c1C. The zero-order chi connectivity index (χ0) is 16.1. The summed E-state index contributed by atoms with van der Waals surface area (Å²) in [6.07, 6.45) is 0. The van der Waals surface area contributed by atoms with E-state index in [0.29, 0.717) is 0 Å². The number of nitrogens with zero attached hydrogens (tertiary/aromatic N) is 1. The third kappa shape index (κ3) is 3.81. The van der Waals surface area contributed by atoms with Crippen LogP contribution in [0.2, 0.25) is 0 Å². The lowest BCUT2D eigenvalue weighted by molar-refractivity contribution is 0.795. The Morgan fingerprint density at radius 1 is 0.609 bits per heavy atom. The minimum atomic E-state index is 0.917. The van der Waals surface area contributed by atoms with Gasteiger partial charge in [-0.15, -0.1) is 0 Å². The van der Waals surface area contributed by atoms with Crippen LogP contribution < -0.4 is 4.90 Å². The van der Waals surface area contributed by atoms with Gasteiger partial charge >= 0.3 is 0 Å². The molecule has 3 aromatic rings. The molecule has 0 radical (unpaired) electrons. The first-order valence-corrected chi connectivity index (χ1v) is 8.13. The average Bonchev–Trinajstić information content (AvgIpc) is 2.59. The fraction of sp³-hybridized carbons (Fsp3) is 0.182. The van der Waals surface area contributed by atoms with Crippen LogP contribution in [0.25, 0.3) is 0 Å². The van der Waals surface area contributed by atoms with E-state index in [0.717, 1.165) is 13.1 Å². The zero-order valence-corrected chi connectivity index (χ0v) is 13.9. The molecule has 0 aliphatic rings. The largest absolute Gasteiger partial charge is 0.363 e. The lowest BCUT2D eigenvalue weighted by Gasteiger charge is -2.27. The van der Waals surface area contributed by atoms with Gasteiger partial charge in [0, 0.05) is 18.8 Å². The minimum Gasteiger partial charge on any atom is -0.363 e. The monoisotopic (exact) mass is 301 g/mol. The molecule has 0 spiro atoms. The summed E-state index contributed by atoms with van der Waals surface area (Å²) in [5.74, 6) is 0. The Bertz CT molecular complexity index is 706. The molecular weight excluding hydrogens is 278 g/mol. The molecule has 0 aromatic heterocycles. The van der Waals surface area contributed by atoms with Crippen molar-refractivity contribution < 1.29 is 0 Å². The normalized spacial score (nSPS) is 10.5. The van der Waals surface area contributed by atoms with E-state index in [1.165, 1.54) is 27.9 Å². The third-order valence-corrected chi connectivity index (χ3v) is 4.35. The average molecular weight is 301 g/mol. The van der Waals surface area contributed by atoms with E-state index >= 15 is 0 Å². The highest BCUT2D eigenvalue weighted by atomic mass is 15.1. The van der Waals surface area contributed by atoms with Gasteiger partial charge in [-0.25, -0.2) is 0 Å². The highest BCUT2D eigenvalue weighted by Crippen LogP contribution is 2.26. The second-order valence-corrected chi connectivity index (χ2v) is 6.05. The van der Waals surface area contributed by atoms with E-state index in [1.54, 1.807) is 0 Å². The summed E-state index contributed by atoms with van der Waals surface area (Å²) in [5.41, 5.74) is 6.69. The maximum Gasteiger partial charge on any atom is 0.0433 e. The smallest absolute Gasteiger partial charge is 0.0433 e. The molecule has 0 aliphatic carbocycles. The highest BCUT2D eigenvalue weighted by molar-refractivity contribution is 5.56. The summed E-state index contributed by atoms with van der Waals surface area (Å²) in [5, 5.41) is 0. The van der Waals surface area contributed by atoms with Crippen molar-refractivity contribution in [1.82, 2.24) is 0 Å². The molecule has 0 saturated carbocycles. The minimum absolute atomic E-state index is 0.917. The Kier molecular flexibility index (Phi) is 4.77. The fourth-order valence-corrected chi connectivity index (χ4v) is 2.91. The predicted octanol–water partition coefficient (Wildman–Crippen LogP) is 5.51. The van der Waals surface area contributed by atoms with Crippen LogP contribution in [-0.4, -0.2) is 0 Å². The van der Waals surface area contributed by atoms with Crippen LogP contribution in [0.1, 0.15) is 22.3 Å². The van der Waals surface area contributed by atoms with E-state index < -0.39 is 0 Å². The summed E-state index contributed by atoms with van der Waals surface area (Å²) < 4.78 is 0. The van der Waals surface area contributed by atoms with Gasteiger partial charge in [-0.3, -0.25) is 0 Å². The van der Waals surface area contributed by atoms with E-state index in [2.05, 4.69) is 97.6 Å². The molecule has 3 rings (SSSR count). The van der Waals surface area contributed by atoms with Gasteiger partial charge in [0.2, 0.25) is 0 Å². The van der Waals surface area contributed by atoms with E-state index in [1.807, 2.05) is 0 Å². The molecule has 0 amide bonds. The molecule has 1 nitrogen and oxygen atoms in total. The first kappa shape index (κ1) is 15.4. The van der Waals surface area contributed by atoms with Gasteiger partial charge in [0.15, 0.2) is 0 Å². The number of anilines is 1. The first-order valence-electron chi connectivity index (χ1n) is 8.13. The molecule has 3 aromatic carbocycles. The van der Waals surface area contributed by atoms with Gasteiger partial charge in [-0.1, -0.05) is 72.8 Å². The second kappa shape index (κ2) is 7.15. The molecule has 0 saturated heterocycles. The molecule has 0 fully saturated rings. The standard InChI is InChI=1S/C22H23N/c1-18-10-9-15-22(19(18)2)23(16-20-11-5-3-6-12-20)17-21-13-7-4-8-14-21/h3-15H,16-17H2,1-2H3. The Labute approximate surface area is 139 Å². The Morgan fingerprint density at radius 2 is 1.13 bits per heavy atom. The number of hydrogen-bond donors (Lipinski definition) is 0. The van der Waals surface area contributed by atoms with Crippen molar-refractivity contribution in [2.24, 2.45) is 0 Å². The van der Waals surface area contributed by atoms with Crippen LogP contribution in [0.5, 0.6) is 0 Å². The van der Waals surface area contributed by atoms with Gasteiger partial charge in [0.05, 0.1) is 0 Å². The lowest BCUT2D eigenvalue weighted by atomic mass is 10.1. The maximum absolute atomic E-state index is 2.47. The Balaban J connectivity index is 1.94. The predicted molar refractivity (Wildman–Crippen MR) is 98.7 cm³/mol. The molecule has 23 heavy (non-hydrogen) atoms. The van der Waals surface area contributed by atoms with Crippen LogP contribution in [0.4, 0.5) is 5.69 Å². The van der Waals surface area contributed by atoms with Crippen LogP contribution >= 0.6 is 0 Å². The summed E-state index contributed by atoms with van der Waals surface area (Å²) in [6.45, 7) is 6.23. The number of hydrogen-bond acceptors (Lipinski definition) is 1. The number of rotatable bonds is 5. The molecule has 116 valence electrons. The zero-order valence-electron chi connectivity index (χ0n) is 13.9. The van der Waals surface area contributed by atoms with Crippen LogP contribution in [0.3, 0.4) is 0 Å². The summed E-state index contributed by atoms with van der Waals surface area (Å²) in [4.78, 5) is 2.47. The summed E-state index contributed by atoms with van der Waals surface area (Å²) in [6, 6.07) is 27.9. The second-order valence-electron chi connectivity index (χ2n) is 6.05. The molecule has 0 unspecified atom stereocenters. The van der Waals surface area contributed by atoms with Crippen molar-refractivity contribution in [3.05, 3.63) is 101 Å². The molecule has 0 atom stereocenters. The molecule has 0 heterocycles. The highest BCUT2D eigenvalue weighted by Gasteiger charge is 2.11. The topological polar surface area (TPSA) is 3.24 Å². The van der Waals surface area contributed by atoms with Crippen molar-refractivity contribution >= 4 is 5.69 Å². The number of aryl methyl sites for hydroxylation is 1. The van der Waals surface area contributed by atoms with Crippen molar-refractivity contribution in [2.75, 3.05) is 4.90 Å². The summed E-state index contributed by atoms with van der Waals surface area (Å²) >= 11 is 0. The third-order valence-electron chi connectivity index (χ3n) is 4.35. The summed E-state index contributed by atoms with van der Waals surface area (Å²) in [7, 11) is 0. The van der Waals surface area contributed by atoms with E-state index in [9.17, 15) is 0 Å². The van der Waals surface area contributed by atoms with E-state index in [-0.39, 0.29) is 0 Å². The van der Waals surface area contributed by atoms with E-state index in [4.69, 9.17) is 0 Å². The molecule has 1 heteroatoms. The molecular formula is C22H23N. The molecule has 0 N–H and O–H groups in total. The van der Waals surface area contributed by atoms with Crippen LogP contribution in [-0.2, 0) is 13.1 Å². The molecule has 0 aliphatic heterocycles. The van der Waals surface area contributed by atoms with Gasteiger partial charge in [0.25, 0.3) is 0 Å². The van der Waals surface area contributed by atoms with Crippen LogP contribution in [0, 0.1) is 13.8 Å². The van der Waals surface area contributed by atoms with Gasteiger partial charge in [-0.05, 0) is 42.2 Å². The van der Waals surface area contributed by atoms with Crippen molar-refractivity contribution in [3.8, 4) is 0 Å². The van der Waals surface area contributed by atoms with Crippen LogP contribution in [0.15, 0.2) is 78.9 Å². The maximum atomic E-state index is 2.47. The van der Waals surface area contributed by atoms with Crippen molar-refractivity contribution in [1.29, 1.82) is 0 Å². The Morgan fingerprint density at radius 3 is 1.65 bits per heavy atom. The lowest BCUT2D eigenvalue weighted by Crippen LogP contribution is -2.23. The van der Waals surface area contributed by atoms with Gasteiger partial charge in [0.1, 0.15) is 0 Å². The quantitative estimate of drug-likeness (QED) is 0.600. The molecule has 0 bridgehead atoms. The fourth-order valence-electron chi connectivity index (χ4n) is 2.91. The van der Waals surface area contributed by atoms with Gasteiger partial charge < -0.3 is 4.90 Å².